The number of halogens is 1. The number of ether oxygens (including phenoxy) is 1. The lowest BCUT2D eigenvalue weighted by atomic mass is 9.94. The number of carbonyl (C=O) groups excluding carboxylic acids is 2. The average Bonchev–Trinajstić information content (AvgIpc) is 3.36. The number of nitrogens with one attached hydrogen (secondary N) is 1. The summed E-state index contributed by atoms with van der Waals surface area (Å²) in [6.45, 7) is 0. The molecule has 0 spiro atoms. The lowest BCUT2D eigenvalue weighted by Gasteiger charge is -2.34. The first-order valence-electron chi connectivity index (χ1n) is 11.6. The molecule has 0 aliphatic heterocycles. The number of methoxy groups -OCH3 is 1. The second-order valence-corrected chi connectivity index (χ2v) is 9.49. The Morgan fingerprint density at radius 3 is 2.50 bits per heavy atom. The molecule has 1 fully saturated rings. The van der Waals surface area contributed by atoms with Gasteiger partial charge in [-0.05, 0) is 42.5 Å². The minimum Gasteiger partial charge on any atom is -0.495 e. The van der Waals surface area contributed by atoms with Crippen LogP contribution >= 0.6 is 11.3 Å². The fourth-order valence-electron chi connectivity index (χ4n) is 4.52. The van der Waals surface area contributed by atoms with Crippen LogP contribution in [-0.2, 0) is 16.0 Å². The van der Waals surface area contributed by atoms with Gasteiger partial charge in [0.05, 0.1) is 19.2 Å². The van der Waals surface area contributed by atoms with Crippen molar-refractivity contribution < 1.29 is 18.7 Å². The molecule has 0 bridgehead atoms. The zero-order valence-electron chi connectivity index (χ0n) is 19.2. The minimum absolute atomic E-state index is 0.0161. The molecule has 0 saturated heterocycles. The van der Waals surface area contributed by atoms with E-state index in [9.17, 15) is 9.59 Å². The summed E-state index contributed by atoms with van der Waals surface area (Å²) in [6.07, 6.45) is 5.10. The zero-order valence-corrected chi connectivity index (χ0v) is 20.0. The lowest BCUT2D eigenvalue weighted by Crippen LogP contribution is -2.48. The Labute approximate surface area is 203 Å². The second-order valence-electron chi connectivity index (χ2n) is 8.46. The van der Waals surface area contributed by atoms with E-state index in [0.717, 1.165) is 37.0 Å². The van der Waals surface area contributed by atoms with Crippen molar-refractivity contribution in [2.75, 3.05) is 12.0 Å². The molecule has 1 aromatic heterocycles. The number of carbonyl (C=O) groups is 2. The third kappa shape index (κ3) is 5.47. The Morgan fingerprint density at radius 1 is 1.06 bits per heavy atom. The van der Waals surface area contributed by atoms with E-state index in [1.807, 2.05) is 17.5 Å². The number of hydrogen-bond acceptors (Lipinski definition) is 4. The molecule has 178 valence electrons. The number of rotatable bonds is 8. The second kappa shape index (κ2) is 11.3. The maximum absolute atomic E-state index is 15.1. The van der Waals surface area contributed by atoms with Crippen molar-refractivity contribution in [2.45, 2.75) is 50.6 Å². The topological polar surface area (TPSA) is 58.6 Å². The van der Waals surface area contributed by atoms with Crippen molar-refractivity contribution in [2.24, 2.45) is 0 Å². The van der Waals surface area contributed by atoms with Crippen LogP contribution in [0.3, 0.4) is 0 Å². The van der Waals surface area contributed by atoms with E-state index in [4.69, 9.17) is 4.74 Å². The van der Waals surface area contributed by atoms with Gasteiger partial charge in [0.2, 0.25) is 11.8 Å². The molecule has 1 aliphatic rings. The number of thiophene rings is 1. The summed E-state index contributed by atoms with van der Waals surface area (Å²) in [7, 11) is 1.51. The highest BCUT2D eigenvalue weighted by Gasteiger charge is 2.36. The van der Waals surface area contributed by atoms with E-state index in [1.54, 1.807) is 42.5 Å². The highest BCUT2D eigenvalue weighted by molar-refractivity contribution is 7.10. The minimum atomic E-state index is -1.17. The summed E-state index contributed by atoms with van der Waals surface area (Å²) in [5.74, 6) is -0.787. The highest BCUT2D eigenvalue weighted by atomic mass is 32.1. The van der Waals surface area contributed by atoms with E-state index >= 15 is 4.39 Å². The van der Waals surface area contributed by atoms with Crippen LogP contribution < -0.4 is 15.0 Å². The monoisotopic (exact) mass is 480 g/mol. The van der Waals surface area contributed by atoms with Gasteiger partial charge in [0.1, 0.15) is 17.6 Å². The van der Waals surface area contributed by atoms with Crippen LogP contribution in [0.1, 0.15) is 48.6 Å². The Kier molecular flexibility index (Phi) is 7.95. The number of anilines is 1. The van der Waals surface area contributed by atoms with Gasteiger partial charge in [-0.25, -0.2) is 4.39 Å². The van der Waals surface area contributed by atoms with Crippen LogP contribution in [0.2, 0.25) is 0 Å². The molecule has 1 unspecified atom stereocenters. The van der Waals surface area contributed by atoms with Crippen molar-refractivity contribution in [1.82, 2.24) is 5.32 Å². The van der Waals surface area contributed by atoms with Gasteiger partial charge in [-0.15, -0.1) is 11.3 Å². The van der Waals surface area contributed by atoms with E-state index in [1.165, 1.54) is 29.4 Å². The van der Waals surface area contributed by atoms with E-state index in [0.29, 0.717) is 11.4 Å². The molecule has 1 saturated carbocycles. The quantitative estimate of drug-likeness (QED) is 0.453. The number of nitrogens with zero attached hydrogens (tertiary/aromatic N) is 1. The summed E-state index contributed by atoms with van der Waals surface area (Å²) in [6, 6.07) is 15.8. The Morgan fingerprint density at radius 2 is 1.79 bits per heavy atom. The van der Waals surface area contributed by atoms with Crippen molar-refractivity contribution >= 4 is 28.8 Å². The van der Waals surface area contributed by atoms with E-state index in [-0.39, 0.29) is 29.8 Å². The van der Waals surface area contributed by atoms with Gasteiger partial charge in [-0.3, -0.25) is 14.5 Å². The first-order chi connectivity index (χ1) is 16.6. The molecule has 1 N–H and O–H groups in total. The first kappa shape index (κ1) is 24.0. The smallest absolute Gasteiger partial charge is 0.248 e. The Bertz CT molecular complexity index is 1110. The maximum atomic E-state index is 15.1. The van der Waals surface area contributed by atoms with Crippen molar-refractivity contribution in [1.29, 1.82) is 0 Å². The molecular weight excluding hydrogens is 451 g/mol. The third-order valence-corrected chi connectivity index (χ3v) is 7.05. The summed E-state index contributed by atoms with van der Waals surface area (Å²) in [5.41, 5.74) is 0.583. The summed E-state index contributed by atoms with van der Waals surface area (Å²) in [5, 5.41) is 5.01. The zero-order chi connectivity index (χ0) is 23.9. The first-order valence-corrected chi connectivity index (χ1v) is 12.5. The largest absolute Gasteiger partial charge is 0.495 e. The summed E-state index contributed by atoms with van der Waals surface area (Å²) < 4.78 is 20.7. The highest BCUT2D eigenvalue weighted by Crippen LogP contribution is 2.36. The van der Waals surface area contributed by atoms with Gasteiger partial charge in [0.15, 0.2) is 0 Å². The molecule has 0 radical (unpaired) electrons. The molecule has 1 aliphatic carbocycles. The van der Waals surface area contributed by atoms with Gasteiger partial charge >= 0.3 is 0 Å². The molecule has 7 heteroatoms. The molecule has 1 atom stereocenters. The van der Waals surface area contributed by atoms with Gasteiger partial charge in [0.25, 0.3) is 0 Å². The van der Waals surface area contributed by atoms with Crippen LogP contribution in [0.25, 0.3) is 0 Å². The predicted octanol–water partition coefficient (Wildman–Crippen LogP) is 5.66. The van der Waals surface area contributed by atoms with Crippen molar-refractivity contribution in [3.63, 3.8) is 0 Å². The Hall–Kier alpha value is -3.19. The Balaban J connectivity index is 1.80. The van der Waals surface area contributed by atoms with Crippen LogP contribution in [0, 0.1) is 5.82 Å². The standard InChI is InChI=1S/C27H29FN2O3S/c1-33-24-16-8-7-15-23(24)30(25(31)18-20-12-9-17-34-20)26(21-13-5-6-14-22(21)28)27(32)29-19-10-3-2-4-11-19/h5-9,12-17,19,26H,2-4,10-11,18H2,1H3,(H,29,32). The third-order valence-electron chi connectivity index (χ3n) is 6.18. The van der Waals surface area contributed by atoms with Crippen LogP contribution in [0.5, 0.6) is 5.75 Å². The molecule has 2 aromatic carbocycles. The molecule has 1 heterocycles. The number of amides is 2. The fourth-order valence-corrected chi connectivity index (χ4v) is 5.21. The number of hydrogen-bond donors (Lipinski definition) is 1. The summed E-state index contributed by atoms with van der Waals surface area (Å²) in [4.78, 5) is 29.8. The fraction of sp³-hybridized carbons (Fsp3) is 0.333. The summed E-state index contributed by atoms with van der Waals surface area (Å²) >= 11 is 1.47. The number of para-hydroxylation sites is 2. The SMILES string of the molecule is COc1ccccc1N(C(=O)Cc1cccs1)C(C(=O)NC1CCCCC1)c1ccccc1F. The predicted molar refractivity (Wildman–Crippen MR) is 133 cm³/mol. The van der Waals surface area contributed by atoms with Crippen molar-refractivity contribution in [3.8, 4) is 5.75 Å². The van der Waals surface area contributed by atoms with Crippen LogP contribution in [-0.4, -0.2) is 25.0 Å². The van der Waals surface area contributed by atoms with Crippen molar-refractivity contribution in [3.05, 3.63) is 82.3 Å². The maximum Gasteiger partial charge on any atom is 0.248 e. The molecule has 3 aromatic rings. The van der Waals surface area contributed by atoms with Crippen LogP contribution in [0.4, 0.5) is 10.1 Å². The molecule has 4 rings (SSSR count). The van der Waals surface area contributed by atoms with Gasteiger partial charge in [-0.1, -0.05) is 55.7 Å². The normalized spacial score (nSPS) is 14.9. The molecule has 34 heavy (non-hydrogen) atoms. The van der Waals surface area contributed by atoms with E-state index in [2.05, 4.69) is 5.32 Å². The van der Waals surface area contributed by atoms with Gasteiger partial charge in [0, 0.05) is 16.5 Å². The van der Waals surface area contributed by atoms with Gasteiger partial charge in [-0.2, -0.15) is 0 Å². The van der Waals surface area contributed by atoms with Gasteiger partial charge < -0.3 is 10.1 Å². The molecular formula is C27H29FN2O3S. The van der Waals surface area contributed by atoms with E-state index < -0.39 is 11.9 Å². The molecule has 5 nitrogen and oxygen atoms in total. The average molecular weight is 481 g/mol. The lowest BCUT2D eigenvalue weighted by molar-refractivity contribution is -0.127. The van der Waals surface area contributed by atoms with Crippen LogP contribution in [0.15, 0.2) is 66.0 Å². The number of benzene rings is 2. The molecule has 2 amide bonds.